The average Bonchev–Trinajstić information content (AvgIpc) is 2.36. The van der Waals surface area contributed by atoms with E-state index in [2.05, 4.69) is 15.3 Å². The predicted molar refractivity (Wildman–Crippen MR) is 66.4 cm³/mol. The molecule has 0 atom stereocenters. The number of aryl methyl sites for hydroxylation is 1. The summed E-state index contributed by atoms with van der Waals surface area (Å²) >= 11 is 0. The van der Waals surface area contributed by atoms with E-state index in [0.29, 0.717) is 17.2 Å². The van der Waals surface area contributed by atoms with Crippen LogP contribution in [0.4, 0.5) is 14.6 Å². The van der Waals surface area contributed by atoms with Gasteiger partial charge in [0.05, 0.1) is 0 Å². The first kappa shape index (κ1) is 12.4. The SMILES string of the molecule is CNc1nc(-c2ccc(F)c(F)c2)nc(C)c1C. The van der Waals surface area contributed by atoms with Crippen LogP contribution in [0.15, 0.2) is 18.2 Å². The predicted octanol–water partition coefficient (Wildman–Crippen LogP) is 3.08. The summed E-state index contributed by atoms with van der Waals surface area (Å²) in [7, 11) is 1.75. The summed E-state index contributed by atoms with van der Waals surface area (Å²) in [5.41, 5.74) is 2.19. The number of halogens is 2. The van der Waals surface area contributed by atoms with Gasteiger partial charge in [-0.1, -0.05) is 0 Å². The van der Waals surface area contributed by atoms with Gasteiger partial charge in [-0.15, -0.1) is 0 Å². The Morgan fingerprint density at radius 2 is 1.78 bits per heavy atom. The third kappa shape index (κ3) is 2.16. The van der Waals surface area contributed by atoms with Gasteiger partial charge in [-0.05, 0) is 32.0 Å². The number of aromatic nitrogens is 2. The third-order valence-corrected chi connectivity index (χ3v) is 2.80. The van der Waals surface area contributed by atoms with Gasteiger partial charge in [0.15, 0.2) is 17.5 Å². The second-order valence-electron chi connectivity index (χ2n) is 3.99. The zero-order valence-electron chi connectivity index (χ0n) is 10.4. The minimum atomic E-state index is -0.902. The Morgan fingerprint density at radius 1 is 1.06 bits per heavy atom. The molecule has 0 amide bonds. The topological polar surface area (TPSA) is 37.8 Å². The molecule has 0 unspecified atom stereocenters. The van der Waals surface area contributed by atoms with Crippen molar-refractivity contribution in [3.05, 3.63) is 41.1 Å². The second-order valence-corrected chi connectivity index (χ2v) is 3.99. The molecule has 1 N–H and O–H groups in total. The molecule has 2 rings (SSSR count). The Hall–Kier alpha value is -2.04. The van der Waals surface area contributed by atoms with Crippen molar-refractivity contribution in [3.8, 4) is 11.4 Å². The number of rotatable bonds is 2. The van der Waals surface area contributed by atoms with Crippen molar-refractivity contribution in [1.82, 2.24) is 9.97 Å². The Bertz CT molecular complexity index is 597. The van der Waals surface area contributed by atoms with Crippen molar-refractivity contribution in [3.63, 3.8) is 0 Å². The maximum atomic E-state index is 13.2. The van der Waals surface area contributed by atoms with E-state index in [1.807, 2.05) is 13.8 Å². The first-order chi connectivity index (χ1) is 8.52. The lowest BCUT2D eigenvalue weighted by Crippen LogP contribution is -2.03. The first-order valence-electron chi connectivity index (χ1n) is 5.51. The largest absolute Gasteiger partial charge is 0.373 e. The standard InChI is InChI=1S/C13H13F2N3/c1-7-8(2)17-13(18-12(7)16-3)9-4-5-10(14)11(15)6-9/h4-6H,1-3H3,(H,16,17,18). The van der Waals surface area contributed by atoms with Crippen LogP contribution in [0.3, 0.4) is 0 Å². The van der Waals surface area contributed by atoms with Crippen molar-refractivity contribution < 1.29 is 8.78 Å². The summed E-state index contributed by atoms with van der Waals surface area (Å²) in [5.74, 6) is -0.722. The van der Waals surface area contributed by atoms with Crippen LogP contribution in [0.2, 0.25) is 0 Å². The molecule has 18 heavy (non-hydrogen) atoms. The summed E-state index contributed by atoms with van der Waals surface area (Å²) in [6.07, 6.45) is 0. The first-order valence-corrected chi connectivity index (χ1v) is 5.51. The molecule has 0 saturated carbocycles. The van der Waals surface area contributed by atoms with Crippen molar-refractivity contribution in [2.75, 3.05) is 12.4 Å². The normalized spacial score (nSPS) is 10.5. The summed E-state index contributed by atoms with van der Waals surface area (Å²) in [6, 6.07) is 3.63. The van der Waals surface area contributed by atoms with Crippen LogP contribution in [0, 0.1) is 25.5 Å². The maximum Gasteiger partial charge on any atom is 0.161 e. The van der Waals surface area contributed by atoms with Gasteiger partial charge < -0.3 is 5.32 Å². The van der Waals surface area contributed by atoms with Gasteiger partial charge in [0.1, 0.15) is 5.82 Å². The Morgan fingerprint density at radius 3 is 2.39 bits per heavy atom. The van der Waals surface area contributed by atoms with Gasteiger partial charge in [0.25, 0.3) is 0 Å². The van der Waals surface area contributed by atoms with E-state index in [1.54, 1.807) is 7.05 Å². The van der Waals surface area contributed by atoms with E-state index < -0.39 is 11.6 Å². The summed E-state index contributed by atoms with van der Waals surface area (Å²) in [4.78, 5) is 8.56. The minimum absolute atomic E-state index is 0.376. The van der Waals surface area contributed by atoms with Crippen molar-refractivity contribution in [2.45, 2.75) is 13.8 Å². The molecule has 2 aromatic rings. The summed E-state index contributed by atoms with van der Waals surface area (Å²) < 4.78 is 26.1. The Balaban J connectivity index is 2.57. The van der Waals surface area contributed by atoms with Crippen LogP contribution in [0.25, 0.3) is 11.4 Å². The number of hydrogen-bond donors (Lipinski definition) is 1. The highest BCUT2D eigenvalue weighted by atomic mass is 19.2. The zero-order chi connectivity index (χ0) is 13.3. The zero-order valence-corrected chi connectivity index (χ0v) is 10.4. The van der Waals surface area contributed by atoms with E-state index in [-0.39, 0.29) is 0 Å². The molecule has 0 aliphatic heterocycles. The van der Waals surface area contributed by atoms with E-state index >= 15 is 0 Å². The maximum absolute atomic E-state index is 13.2. The van der Waals surface area contributed by atoms with Crippen LogP contribution in [0.5, 0.6) is 0 Å². The average molecular weight is 249 g/mol. The fourth-order valence-electron chi connectivity index (χ4n) is 1.64. The van der Waals surface area contributed by atoms with Gasteiger partial charge in [0, 0.05) is 23.9 Å². The van der Waals surface area contributed by atoms with Gasteiger partial charge >= 0.3 is 0 Å². The molecule has 3 nitrogen and oxygen atoms in total. The van der Waals surface area contributed by atoms with Crippen molar-refractivity contribution in [2.24, 2.45) is 0 Å². The molecular weight excluding hydrogens is 236 g/mol. The quantitative estimate of drug-likeness (QED) is 0.888. The lowest BCUT2D eigenvalue weighted by atomic mass is 10.1. The molecule has 0 fully saturated rings. The summed E-state index contributed by atoms with van der Waals surface area (Å²) in [6.45, 7) is 3.75. The van der Waals surface area contributed by atoms with Crippen LogP contribution >= 0.6 is 0 Å². The second kappa shape index (κ2) is 4.68. The minimum Gasteiger partial charge on any atom is -0.373 e. The molecular formula is C13H13F2N3. The van der Waals surface area contributed by atoms with Gasteiger partial charge in [0.2, 0.25) is 0 Å². The molecule has 0 radical (unpaired) electrons. The fraction of sp³-hybridized carbons (Fsp3) is 0.231. The summed E-state index contributed by atoms with van der Waals surface area (Å²) in [5, 5.41) is 2.95. The highest BCUT2D eigenvalue weighted by Gasteiger charge is 2.10. The lowest BCUT2D eigenvalue weighted by Gasteiger charge is -2.09. The molecule has 0 aliphatic carbocycles. The van der Waals surface area contributed by atoms with Gasteiger partial charge in [-0.25, -0.2) is 18.7 Å². The molecule has 1 aromatic heterocycles. The van der Waals surface area contributed by atoms with E-state index in [4.69, 9.17) is 0 Å². The van der Waals surface area contributed by atoms with Crippen LogP contribution in [-0.4, -0.2) is 17.0 Å². The molecule has 1 aromatic carbocycles. The molecule has 0 aliphatic rings. The van der Waals surface area contributed by atoms with E-state index in [9.17, 15) is 8.78 Å². The Labute approximate surface area is 104 Å². The van der Waals surface area contributed by atoms with Crippen LogP contribution < -0.4 is 5.32 Å². The number of nitrogens with one attached hydrogen (secondary N) is 1. The molecule has 94 valence electrons. The van der Waals surface area contributed by atoms with Crippen LogP contribution in [-0.2, 0) is 0 Å². The highest BCUT2D eigenvalue weighted by molar-refractivity contribution is 5.59. The molecule has 0 saturated heterocycles. The van der Waals surface area contributed by atoms with Gasteiger partial charge in [-0.2, -0.15) is 0 Å². The monoisotopic (exact) mass is 249 g/mol. The number of benzene rings is 1. The molecule has 1 heterocycles. The van der Waals surface area contributed by atoms with Crippen molar-refractivity contribution >= 4 is 5.82 Å². The number of nitrogens with zero attached hydrogens (tertiary/aromatic N) is 2. The van der Waals surface area contributed by atoms with Crippen molar-refractivity contribution in [1.29, 1.82) is 0 Å². The molecule has 5 heteroatoms. The third-order valence-electron chi connectivity index (χ3n) is 2.80. The highest BCUT2D eigenvalue weighted by Crippen LogP contribution is 2.22. The molecule has 0 spiro atoms. The number of anilines is 1. The Kier molecular flexibility index (Phi) is 3.23. The lowest BCUT2D eigenvalue weighted by molar-refractivity contribution is 0.509. The van der Waals surface area contributed by atoms with Gasteiger partial charge in [-0.3, -0.25) is 0 Å². The van der Waals surface area contributed by atoms with E-state index in [1.165, 1.54) is 6.07 Å². The number of hydrogen-bond acceptors (Lipinski definition) is 3. The van der Waals surface area contributed by atoms with Crippen LogP contribution in [0.1, 0.15) is 11.3 Å². The fourth-order valence-corrected chi connectivity index (χ4v) is 1.64. The van der Waals surface area contributed by atoms with E-state index in [0.717, 1.165) is 23.4 Å². The molecule has 0 bridgehead atoms. The smallest absolute Gasteiger partial charge is 0.161 e.